The zero-order valence-corrected chi connectivity index (χ0v) is 14.6. The number of para-hydroxylation sites is 1. The molecule has 2 N–H and O–H groups in total. The Labute approximate surface area is 143 Å². The van der Waals surface area contributed by atoms with Crippen LogP contribution in [0, 0.1) is 0 Å². The van der Waals surface area contributed by atoms with Crippen molar-refractivity contribution in [1.29, 1.82) is 0 Å². The highest BCUT2D eigenvalue weighted by molar-refractivity contribution is 5.83. The zero-order valence-electron chi connectivity index (χ0n) is 14.6. The molecule has 0 aliphatic carbocycles. The molecule has 0 unspecified atom stereocenters. The lowest BCUT2D eigenvalue weighted by Gasteiger charge is -2.22. The third-order valence-electron chi connectivity index (χ3n) is 4.38. The molecule has 0 amide bonds. The second-order valence-corrected chi connectivity index (χ2v) is 6.05. The first kappa shape index (κ1) is 16.2. The van der Waals surface area contributed by atoms with Crippen molar-refractivity contribution in [1.82, 2.24) is 19.8 Å². The molecule has 126 valence electrons. The summed E-state index contributed by atoms with van der Waals surface area (Å²) in [5.74, 6) is 0.913. The first-order chi connectivity index (χ1) is 11.7. The fourth-order valence-corrected chi connectivity index (χ4v) is 3.01. The topological polar surface area (TPSA) is 48.4 Å². The fourth-order valence-electron chi connectivity index (χ4n) is 3.01. The third kappa shape index (κ3) is 3.45. The minimum absolute atomic E-state index is 0.830. The van der Waals surface area contributed by atoms with Gasteiger partial charge in [0.2, 0.25) is 0 Å². The monoisotopic (exact) mass is 323 g/mol. The SMILES string of the molecule is CN=C(NCCc1c[nH]c2ccccc12)N(C)Cc1cccn1C. The Morgan fingerprint density at radius 2 is 2.08 bits per heavy atom. The number of aliphatic imine (C=N–C) groups is 1. The number of hydrogen-bond donors (Lipinski definition) is 2. The standard InChI is InChI=1S/C19H25N5/c1-20-19(24(3)14-16-7-6-12-23(16)2)21-11-10-15-13-22-18-9-5-4-8-17(15)18/h4-9,12-13,22H,10-11,14H2,1-3H3,(H,20,21). The van der Waals surface area contributed by atoms with Gasteiger partial charge in [0.1, 0.15) is 0 Å². The summed E-state index contributed by atoms with van der Waals surface area (Å²) in [6, 6.07) is 12.6. The van der Waals surface area contributed by atoms with Crippen LogP contribution in [0.4, 0.5) is 0 Å². The molecule has 3 rings (SSSR count). The van der Waals surface area contributed by atoms with Crippen molar-refractivity contribution < 1.29 is 0 Å². The Morgan fingerprint density at radius 1 is 1.25 bits per heavy atom. The van der Waals surface area contributed by atoms with Crippen LogP contribution in [0.1, 0.15) is 11.3 Å². The molecule has 3 aromatic rings. The predicted molar refractivity (Wildman–Crippen MR) is 100 cm³/mol. The van der Waals surface area contributed by atoms with Gasteiger partial charge in [-0.05, 0) is 30.2 Å². The van der Waals surface area contributed by atoms with Crippen LogP contribution < -0.4 is 5.32 Å². The molecule has 2 aromatic heterocycles. The van der Waals surface area contributed by atoms with E-state index in [0.717, 1.165) is 25.5 Å². The normalized spacial score (nSPS) is 11.9. The number of guanidine groups is 1. The summed E-state index contributed by atoms with van der Waals surface area (Å²) in [5.41, 5.74) is 3.79. The molecule has 2 heterocycles. The average Bonchev–Trinajstić information content (AvgIpc) is 3.18. The Bertz CT molecular complexity index is 827. The Hall–Kier alpha value is -2.69. The van der Waals surface area contributed by atoms with Crippen LogP contribution in [0.2, 0.25) is 0 Å². The lowest BCUT2D eigenvalue weighted by molar-refractivity contribution is 0.462. The van der Waals surface area contributed by atoms with Crippen molar-refractivity contribution in [3.05, 3.63) is 60.0 Å². The molecule has 0 fully saturated rings. The molecule has 0 aliphatic heterocycles. The Kier molecular flexibility index (Phi) is 4.89. The number of benzene rings is 1. The van der Waals surface area contributed by atoms with Gasteiger partial charge in [0.15, 0.2) is 5.96 Å². The van der Waals surface area contributed by atoms with E-state index in [2.05, 4.69) is 87.6 Å². The van der Waals surface area contributed by atoms with E-state index in [9.17, 15) is 0 Å². The molecular weight excluding hydrogens is 298 g/mol. The first-order valence-corrected chi connectivity index (χ1v) is 8.26. The maximum absolute atomic E-state index is 4.39. The number of H-pyrrole nitrogens is 1. The van der Waals surface area contributed by atoms with E-state index in [4.69, 9.17) is 0 Å². The van der Waals surface area contributed by atoms with Crippen LogP contribution >= 0.6 is 0 Å². The molecule has 0 bridgehead atoms. The number of hydrogen-bond acceptors (Lipinski definition) is 1. The zero-order chi connectivity index (χ0) is 16.9. The summed E-state index contributed by atoms with van der Waals surface area (Å²) in [7, 11) is 5.96. The quantitative estimate of drug-likeness (QED) is 0.560. The summed E-state index contributed by atoms with van der Waals surface area (Å²) in [6.45, 7) is 1.68. The van der Waals surface area contributed by atoms with E-state index >= 15 is 0 Å². The molecule has 0 aliphatic rings. The summed E-state index contributed by atoms with van der Waals surface area (Å²) >= 11 is 0. The second-order valence-electron chi connectivity index (χ2n) is 6.05. The summed E-state index contributed by atoms with van der Waals surface area (Å²) in [6.07, 6.45) is 5.13. The molecule has 5 heteroatoms. The van der Waals surface area contributed by atoms with Gasteiger partial charge in [0, 0.05) is 56.7 Å². The second kappa shape index (κ2) is 7.25. The highest BCUT2D eigenvalue weighted by atomic mass is 15.3. The Balaban J connectivity index is 1.57. The van der Waals surface area contributed by atoms with E-state index < -0.39 is 0 Å². The van der Waals surface area contributed by atoms with Crippen molar-refractivity contribution in [2.45, 2.75) is 13.0 Å². The molecule has 0 saturated carbocycles. The van der Waals surface area contributed by atoms with Crippen molar-refractivity contribution in [2.24, 2.45) is 12.0 Å². The van der Waals surface area contributed by atoms with Crippen molar-refractivity contribution in [3.8, 4) is 0 Å². The van der Waals surface area contributed by atoms with Crippen molar-refractivity contribution in [3.63, 3.8) is 0 Å². The molecule has 1 aromatic carbocycles. The van der Waals surface area contributed by atoms with Crippen LogP contribution in [0.15, 0.2) is 53.8 Å². The van der Waals surface area contributed by atoms with Crippen LogP contribution in [-0.2, 0) is 20.0 Å². The molecule has 0 spiro atoms. The summed E-state index contributed by atoms with van der Waals surface area (Å²) < 4.78 is 2.13. The van der Waals surface area contributed by atoms with E-state index in [1.807, 2.05) is 7.05 Å². The molecule has 0 saturated heterocycles. The number of fused-ring (bicyclic) bond motifs is 1. The van der Waals surface area contributed by atoms with Gasteiger partial charge >= 0.3 is 0 Å². The van der Waals surface area contributed by atoms with Crippen molar-refractivity contribution in [2.75, 3.05) is 20.6 Å². The highest BCUT2D eigenvalue weighted by Gasteiger charge is 2.09. The fraction of sp³-hybridized carbons (Fsp3) is 0.316. The van der Waals surface area contributed by atoms with Gasteiger partial charge in [-0.2, -0.15) is 0 Å². The number of nitrogens with one attached hydrogen (secondary N) is 2. The summed E-state index contributed by atoms with van der Waals surface area (Å²) in [4.78, 5) is 9.86. The molecule has 24 heavy (non-hydrogen) atoms. The van der Waals surface area contributed by atoms with Gasteiger partial charge in [-0.3, -0.25) is 4.99 Å². The van der Waals surface area contributed by atoms with E-state index in [1.54, 1.807) is 0 Å². The molecular formula is C19H25N5. The van der Waals surface area contributed by atoms with Gasteiger partial charge in [-0.25, -0.2) is 0 Å². The third-order valence-corrected chi connectivity index (χ3v) is 4.38. The van der Waals surface area contributed by atoms with Gasteiger partial charge in [-0.1, -0.05) is 18.2 Å². The van der Waals surface area contributed by atoms with Crippen molar-refractivity contribution >= 4 is 16.9 Å². The van der Waals surface area contributed by atoms with Gasteiger partial charge in [0.25, 0.3) is 0 Å². The van der Waals surface area contributed by atoms with Crippen LogP contribution in [0.25, 0.3) is 10.9 Å². The summed E-state index contributed by atoms with van der Waals surface area (Å²) in [5, 5.41) is 4.75. The first-order valence-electron chi connectivity index (χ1n) is 8.26. The maximum Gasteiger partial charge on any atom is 0.193 e. The molecule has 5 nitrogen and oxygen atoms in total. The van der Waals surface area contributed by atoms with Crippen LogP contribution in [0.5, 0.6) is 0 Å². The smallest absolute Gasteiger partial charge is 0.193 e. The minimum atomic E-state index is 0.830. The van der Waals surface area contributed by atoms with E-state index in [0.29, 0.717) is 0 Å². The maximum atomic E-state index is 4.39. The van der Waals surface area contributed by atoms with Gasteiger partial charge < -0.3 is 19.8 Å². The number of aromatic nitrogens is 2. The van der Waals surface area contributed by atoms with Crippen LogP contribution in [0.3, 0.4) is 0 Å². The molecule has 0 radical (unpaired) electrons. The largest absolute Gasteiger partial charge is 0.361 e. The number of aryl methyl sites for hydroxylation is 1. The Morgan fingerprint density at radius 3 is 2.83 bits per heavy atom. The average molecular weight is 323 g/mol. The van der Waals surface area contributed by atoms with E-state index in [-0.39, 0.29) is 0 Å². The lowest BCUT2D eigenvalue weighted by Crippen LogP contribution is -2.39. The number of nitrogens with zero attached hydrogens (tertiary/aromatic N) is 3. The van der Waals surface area contributed by atoms with Crippen LogP contribution in [-0.4, -0.2) is 41.1 Å². The van der Waals surface area contributed by atoms with Gasteiger partial charge in [0.05, 0.1) is 6.54 Å². The highest BCUT2D eigenvalue weighted by Crippen LogP contribution is 2.17. The number of aromatic amines is 1. The van der Waals surface area contributed by atoms with E-state index in [1.165, 1.54) is 22.2 Å². The number of rotatable bonds is 5. The van der Waals surface area contributed by atoms with Gasteiger partial charge in [-0.15, -0.1) is 0 Å². The predicted octanol–water partition coefficient (Wildman–Crippen LogP) is 2.76. The lowest BCUT2D eigenvalue weighted by atomic mass is 10.1. The molecule has 0 atom stereocenters. The minimum Gasteiger partial charge on any atom is -0.361 e.